The molecule has 164 valence electrons. The van der Waals surface area contributed by atoms with Crippen LogP contribution >= 0.6 is 0 Å². The summed E-state index contributed by atoms with van der Waals surface area (Å²) >= 11 is 0. The standard InChI is InChI=1S/2C14H9NO2.Be/c2*16-14(17)13-9-5-1-3-7-11(9)15-12-8-4-2-6-10(12)13;/h2*1-8H,(H,16,17);/q;;+2/p-2. The van der Waals surface area contributed by atoms with E-state index in [1.54, 1.807) is 72.8 Å². The summed E-state index contributed by atoms with van der Waals surface area (Å²) in [7, 11) is 0. The molecule has 0 amide bonds. The van der Waals surface area contributed by atoms with E-state index in [4.69, 9.17) is 0 Å². The van der Waals surface area contributed by atoms with Crippen molar-refractivity contribution in [3.63, 3.8) is 0 Å². The summed E-state index contributed by atoms with van der Waals surface area (Å²) in [6.07, 6.45) is 0. The first kappa shape index (κ1) is 23.5. The molecule has 0 saturated carbocycles. The molecule has 0 N–H and O–H groups in total. The van der Waals surface area contributed by atoms with Crippen LogP contribution in [0.15, 0.2) is 97.1 Å². The summed E-state index contributed by atoms with van der Waals surface area (Å²) in [5.41, 5.74) is 3.11. The molecule has 0 aliphatic heterocycles. The van der Waals surface area contributed by atoms with Crippen LogP contribution in [0.4, 0.5) is 0 Å². The molecule has 0 aliphatic rings. The van der Waals surface area contributed by atoms with Gasteiger partial charge in [-0.1, -0.05) is 72.8 Å². The van der Waals surface area contributed by atoms with Gasteiger partial charge in [0.25, 0.3) is 0 Å². The number of carboxylic acids is 2. The molecule has 0 aliphatic carbocycles. The van der Waals surface area contributed by atoms with Crippen molar-refractivity contribution < 1.29 is 19.8 Å². The van der Waals surface area contributed by atoms with Crippen LogP contribution in [0.2, 0.25) is 0 Å². The van der Waals surface area contributed by atoms with Gasteiger partial charge in [0.2, 0.25) is 0 Å². The fourth-order valence-corrected chi connectivity index (χ4v) is 4.12. The molecule has 2 aromatic heterocycles. The largest absolute Gasteiger partial charge is 2.00 e. The van der Waals surface area contributed by atoms with E-state index in [2.05, 4.69) is 9.97 Å². The average Bonchev–Trinajstić information content (AvgIpc) is 2.85. The van der Waals surface area contributed by atoms with Crippen LogP contribution in [-0.4, -0.2) is 32.0 Å². The minimum atomic E-state index is -1.17. The van der Waals surface area contributed by atoms with Gasteiger partial charge in [-0.2, -0.15) is 0 Å². The van der Waals surface area contributed by atoms with E-state index in [1.165, 1.54) is 0 Å². The SMILES string of the molecule is O=C([O-])c1c2ccccc2nc2ccccc12.O=C([O-])c1c2ccccc2nc2ccccc12.[Be+2]. The van der Waals surface area contributed by atoms with Gasteiger partial charge in [0.05, 0.1) is 34.0 Å². The number of carbonyl (C=O) groups is 2. The predicted octanol–water partition coefficient (Wildman–Crippen LogP) is 3.12. The Labute approximate surface area is 203 Å². The van der Waals surface area contributed by atoms with Gasteiger partial charge in [-0.25, -0.2) is 9.97 Å². The number of hydrogen-bond acceptors (Lipinski definition) is 6. The zero-order valence-electron chi connectivity index (χ0n) is 18.5. The maximum Gasteiger partial charge on any atom is 2.00 e. The summed E-state index contributed by atoms with van der Waals surface area (Å²) in [6.45, 7) is 0. The van der Waals surface area contributed by atoms with E-state index in [0.717, 1.165) is 0 Å². The molecule has 0 unspecified atom stereocenters. The van der Waals surface area contributed by atoms with E-state index in [-0.39, 0.29) is 21.2 Å². The zero-order valence-corrected chi connectivity index (χ0v) is 18.5. The van der Waals surface area contributed by atoms with Gasteiger partial charge < -0.3 is 19.8 Å². The van der Waals surface area contributed by atoms with Crippen molar-refractivity contribution >= 4 is 65.7 Å². The molecular weight excluding hydrogens is 437 g/mol. The molecule has 2 heterocycles. The molecule has 0 atom stereocenters. The third kappa shape index (κ3) is 4.31. The summed E-state index contributed by atoms with van der Waals surface area (Å²) in [4.78, 5) is 31.4. The smallest absolute Gasteiger partial charge is 0.545 e. The summed E-state index contributed by atoms with van der Waals surface area (Å²) < 4.78 is 0. The normalized spacial score (nSPS) is 10.5. The van der Waals surface area contributed by atoms with Gasteiger partial charge in [-0.3, -0.25) is 0 Å². The maximum absolute atomic E-state index is 11.3. The fraction of sp³-hybridized carbons (Fsp3) is 0. The van der Waals surface area contributed by atoms with Crippen LogP contribution in [-0.2, 0) is 0 Å². The number of carbonyl (C=O) groups excluding carboxylic acids is 2. The van der Waals surface area contributed by atoms with Gasteiger partial charge in [-0.15, -0.1) is 0 Å². The molecule has 4 aromatic carbocycles. The number of carboxylic acid groups (broad SMARTS) is 2. The molecule has 6 nitrogen and oxygen atoms in total. The van der Waals surface area contributed by atoms with Gasteiger partial charge in [0.15, 0.2) is 0 Å². The molecule has 0 fully saturated rings. The minimum absolute atomic E-state index is 0. The number of aromatic nitrogens is 2. The Morgan fingerprint density at radius 1 is 0.457 bits per heavy atom. The number of fused-ring (bicyclic) bond motifs is 4. The number of aromatic carboxylic acids is 2. The van der Waals surface area contributed by atoms with Crippen LogP contribution < -0.4 is 10.2 Å². The van der Waals surface area contributed by atoms with Crippen LogP contribution in [0.1, 0.15) is 20.7 Å². The Balaban J connectivity index is 0.000000160. The minimum Gasteiger partial charge on any atom is -0.545 e. The third-order valence-corrected chi connectivity index (χ3v) is 5.58. The summed E-state index contributed by atoms with van der Waals surface area (Å²) in [5.74, 6) is -2.33. The molecule has 0 bridgehead atoms. The van der Waals surface area contributed by atoms with Crippen molar-refractivity contribution in [2.45, 2.75) is 0 Å². The predicted molar refractivity (Wildman–Crippen MR) is 133 cm³/mol. The van der Waals surface area contributed by atoms with E-state index in [1.807, 2.05) is 24.3 Å². The van der Waals surface area contributed by atoms with Crippen molar-refractivity contribution in [1.29, 1.82) is 0 Å². The van der Waals surface area contributed by atoms with Crippen molar-refractivity contribution in [3.05, 3.63) is 108 Å². The third-order valence-electron chi connectivity index (χ3n) is 5.58. The van der Waals surface area contributed by atoms with Crippen LogP contribution in [0.25, 0.3) is 43.6 Å². The fourth-order valence-electron chi connectivity index (χ4n) is 4.12. The van der Waals surface area contributed by atoms with E-state index in [9.17, 15) is 19.8 Å². The molecule has 0 spiro atoms. The second-order valence-electron chi connectivity index (χ2n) is 7.62. The topological polar surface area (TPSA) is 106 Å². The second kappa shape index (κ2) is 9.67. The van der Waals surface area contributed by atoms with E-state index >= 15 is 0 Å². The number of rotatable bonds is 2. The monoisotopic (exact) mass is 453 g/mol. The summed E-state index contributed by atoms with van der Waals surface area (Å²) in [5, 5.41) is 25.0. The van der Waals surface area contributed by atoms with Crippen molar-refractivity contribution in [2.75, 3.05) is 0 Å². The number of hydrogen-bond donors (Lipinski definition) is 0. The van der Waals surface area contributed by atoms with Crippen LogP contribution in [0, 0.1) is 0 Å². The zero-order chi connectivity index (χ0) is 23.7. The first-order chi connectivity index (χ1) is 16.5. The number of benzene rings is 4. The quantitative estimate of drug-likeness (QED) is 0.295. The molecule has 0 radical (unpaired) electrons. The van der Waals surface area contributed by atoms with E-state index in [0.29, 0.717) is 43.6 Å². The summed E-state index contributed by atoms with van der Waals surface area (Å²) in [6, 6.07) is 28.7. The Morgan fingerprint density at radius 2 is 0.686 bits per heavy atom. The van der Waals surface area contributed by atoms with Gasteiger partial charge in [-0.05, 0) is 24.3 Å². The van der Waals surface area contributed by atoms with Crippen LogP contribution in [0.3, 0.4) is 0 Å². The molecule has 6 aromatic rings. The molecule has 7 heteroatoms. The number of nitrogens with zero attached hydrogens (tertiary/aromatic N) is 2. The second-order valence-corrected chi connectivity index (χ2v) is 7.62. The first-order valence-corrected chi connectivity index (χ1v) is 10.5. The molecule has 0 saturated heterocycles. The molecular formula is C28H16BeN2O4. The van der Waals surface area contributed by atoms with Gasteiger partial charge >= 0.3 is 10.1 Å². The van der Waals surface area contributed by atoms with Gasteiger partial charge in [0, 0.05) is 32.7 Å². The molecule has 6 rings (SSSR count). The Bertz CT molecular complexity index is 1500. The Morgan fingerprint density at radius 3 is 0.914 bits per heavy atom. The number of para-hydroxylation sites is 4. The molecule has 35 heavy (non-hydrogen) atoms. The Hall–Kier alpha value is -4.67. The maximum atomic E-state index is 11.3. The van der Waals surface area contributed by atoms with Crippen molar-refractivity contribution in [1.82, 2.24) is 9.97 Å². The Kier molecular flexibility index (Phi) is 6.49. The average molecular weight is 453 g/mol. The van der Waals surface area contributed by atoms with E-state index < -0.39 is 11.9 Å². The first-order valence-electron chi connectivity index (χ1n) is 10.5. The van der Waals surface area contributed by atoms with Crippen molar-refractivity contribution in [2.24, 2.45) is 0 Å². The number of pyridine rings is 2. The van der Waals surface area contributed by atoms with Gasteiger partial charge in [0.1, 0.15) is 0 Å². The van der Waals surface area contributed by atoms with Crippen LogP contribution in [0.5, 0.6) is 0 Å². The van der Waals surface area contributed by atoms with Crippen molar-refractivity contribution in [3.8, 4) is 0 Å².